The van der Waals surface area contributed by atoms with Crippen molar-refractivity contribution in [2.45, 2.75) is 38.3 Å². The van der Waals surface area contributed by atoms with Crippen LogP contribution in [0.25, 0.3) is 0 Å². The van der Waals surface area contributed by atoms with Crippen LogP contribution in [0.1, 0.15) is 31.2 Å². The highest BCUT2D eigenvalue weighted by atomic mass is 19.1. The highest BCUT2D eigenvalue weighted by Crippen LogP contribution is 2.28. The molecule has 0 saturated carbocycles. The van der Waals surface area contributed by atoms with E-state index in [1.54, 1.807) is 6.07 Å². The maximum atomic E-state index is 13.7. The van der Waals surface area contributed by atoms with Crippen LogP contribution in [0.15, 0.2) is 18.2 Å². The summed E-state index contributed by atoms with van der Waals surface area (Å²) in [5.41, 5.74) is 1.05. The predicted octanol–water partition coefficient (Wildman–Crippen LogP) is 2.06. The molecular weight excluding hydrogens is 233 g/mol. The third kappa shape index (κ3) is 2.65. The molecule has 1 fully saturated rings. The Morgan fingerprint density at radius 1 is 1.22 bits per heavy atom. The summed E-state index contributed by atoms with van der Waals surface area (Å²) in [5, 5.41) is 18.8. The summed E-state index contributed by atoms with van der Waals surface area (Å²) in [5.74, 6) is -0.379. The second kappa shape index (κ2) is 6.16. The molecule has 4 heteroatoms. The molecule has 0 aromatic heterocycles. The van der Waals surface area contributed by atoms with Crippen LogP contribution in [0.3, 0.4) is 0 Å². The van der Waals surface area contributed by atoms with Crippen molar-refractivity contribution in [3.05, 3.63) is 29.6 Å². The molecule has 18 heavy (non-hydrogen) atoms. The summed E-state index contributed by atoms with van der Waals surface area (Å²) in [4.78, 5) is 2.04. The number of hydrogen-bond donors (Lipinski definition) is 2. The van der Waals surface area contributed by atoms with E-state index in [4.69, 9.17) is 0 Å². The monoisotopic (exact) mass is 253 g/mol. The van der Waals surface area contributed by atoms with Gasteiger partial charge in [-0.3, -0.25) is 0 Å². The first-order chi connectivity index (χ1) is 8.77. The molecule has 100 valence electrons. The average Bonchev–Trinajstić information content (AvgIpc) is 2.63. The topological polar surface area (TPSA) is 43.7 Å². The molecule has 1 heterocycles. The molecular formula is C14H20FNO2. The number of nitrogens with zero attached hydrogens (tertiary/aromatic N) is 1. The van der Waals surface area contributed by atoms with Crippen LogP contribution in [-0.2, 0) is 6.61 Å². The van der Waals surface area contributed by atoms with Gasteiger partial charge in [-0.1, -0.05) is 18.9 Å². The first-order valence-corrected chi connectivity index (χ1v) is 6.53. The maximum Gasteiger partial charge on any atom is 0.130 e. The van der Waals surface area contributed by atoms with Crippen molar-refractivity contribution in [1.82, 2.24) is 0 Å². The standard InChI is InChI=1S/C14H20FNO2/c15-13-6-4-7-14(12(13)10-18)16-8-3-1-2-5-11(16)9-17/h4,6-7,11,17-18H,1-3,5,8-10H2. The van der Waals surface area contributed by atoms with E-state index >= 15 is 0 Å². The molecule has 2 rings (SSSR count). The number of benzene rings is 1. The Labute approximate surface area is 107 Å². The van der Waals surface area contributed by atoms with Crippen molar-refractivity contribution >= 4 is 5.69 Å². The van der Waals surface area contributed by atoms with E-state index in [2.05, 4.69) is 0 Å². The second-order valence-electron chi connectivity index (χ2n) is 4.77. The molecule has 0 amide bonds. The largest absolute Gasteiger partial charge is 0.394 e. The molecule has 1 saturated heterocycles. The summed E-state index contributed by atoms with van der Waals surface area (Å²) < 4.78 is 13.7. The van der Waals surface area contributed by atoms with Gasteiger partial charge < -0.3 is 15.1 Å². The van der Waals surface area contributed by atoms with Crippen molar-refractivity contribution in [3.63, 3.8) is 0 Å². The Kier molecular flexibility index (Phi) is 4.55. The van der Waals surface area contributed by atoms with E-state index in [-0.39, 0.29) is 25.1 Å². The van der Waals surface area contributed by atoms with Crippen LogP contribution in [0.5, 0.6) is 0 Å². The number of aliphatic hydroxyl groups is 2. The third-order valence-electron chi connectivity index (χ3n) is 3.65. The Bertz CT molecular complexity index is 397. The summed E-state index contributed by atoms with van der Waals surface area (Å²) >= 11 is 0. The smallest absolute Gasteiger partial charge is 0.130 e. The minimum atomic E-state index is -0.379. The zero-order valence-corrected chi connectivity index (χ0v) is 10.5. The number of hydrogen-bond acceptors (Lipinski definition) is 3. The second-order valence-corrected chi connectivity index (χ2v) is 4.77. The number of aliphatic hydroxyl groups excluding tert-OH is 2. The normalized spacial score (nSPS) is 20.8. The van der Waals surface area contributed by atoms with E-state index in [9.17, 15) is 14.6 Å². The van der Waals surface area contributed by atoms with Crippen LogP contribution in [0, 0.1) is 5.82 Å². The quantitative estimate of drug-likeness (QED) is 0.866. The highest BCUT2D eigenvalue weighted by molar-refractivity contribution is 5.55. The minimum Gasteiger partial charge on any atom is -0.394 e. The molecule has 1 aromatic carbocycles. The third-order valence-corrected chi connectivity index (χ3v) is 3.65. The molecule has 1 aliphatic rings. The molecule has 1 aromatic rings. The van der Waals surface area contributed by atoms with Gasteiger partial charge in [-0.25, -0.2) is 4.39 Å². The fraction of sp³-hybridized carbons (Fsp3) is 0.571. The Morgan fingerprint density at radius 3 is 2.78 bits per heavy atom. The zero-order valence-electron chi connectivity index (χ0n) is 10.5. The summed E-state index contributed by atoms with van der Waals surface area (Å²) in [7, 11) is 0. The highest BCUT2D eigenvalue weighted by Gasteiger charge is 2.23. The van der Waals surface area contributed by atoms with E-state index in [1.807, 2.05) is 11.0 Å². The van der Waals surface area contributed by atoms with Crippen LogP contribution in [-0.4, -0.2) is 29.4 Å². The number of halogens is 1. The van der Waals surface area contributed by atoms with E-state index in [0.717, 1.165) is 37.9 Å². The SMILES string of the molecule is OCc1c(F)cccc1N1CCCCCC1CO. The van der Waals surface area contributed by atoms with Gasteiger partial charge in [-0.2, -0.15) is 0 Å². The lowest BCUT2D eigenvalue weighted by atomic mass is 10.1. The van der Waals surface area contributed by atoms with E-state index in [0.29, 0.717) is 5.56 Å². The molecule has 2 N–H and O–H groups in total. The van der Waals surface area contributed by atoms with Gasteiger partial charge in [0.25, 0.3) is 0 Å². The van der Waals surface area contributed by atoms with Gasteiger partial charge in [0.1, 0.15) is 5.82 Å². The van der Waals surface area contributed by atoms with Crippen LogP contribution in [0.4, 0.5) is 10.1 Å². The van der Waals surface area contributed by atoms with Crippen LogP contribution < -0.4 is 4.90 Å². The lowest BCUT2D eigenvalue weighted by molar-refractivity contribution is 0.252. The van der Waals surface area contributed by atoms with E-state index in [1.165, 1.54) is 6.07 Å². The van der Waals surface area contributed by atoms with Gasteiger partial charge in [0.15, 0.2) is 0 Å². The van der Waals surface area contributed by atoms with Crippen molar-refractivity contribution in [2.24, 2.45) is 0 Å². The summed E-state index contributed by atoms with van der Waals surface area (Å²) in [6, 6.07) is 4.87. The molecule has 0 bridgehead atoms. The summed E-state index contributed by atoms with van der Waals surface area (Å²) in [6.07, 6.45) is 4.18. The molecule has 0 aliphatic carbocycles. The van der Waals surface area contributed by atoms with Crippen LogP contribution >= 0.6 is 0 Å². The van der Waals surface area contributed by atoms with Crippen molar-refractivity contribution < 1.29 is 14.6 Å². The van der Waals surface area contributed by atoms with E-state index < -0.39 is 0 Å². The Balaban J connectivity index is 2.35. The van der Waals surface area contributed by atoms with Gasteiger partial charge in [0, 0.05) is 17.8 Å². The lowest BCUT2D eigenvalue weighted by Crippen LogP contribution is -2.38. The van der Waals surface area contributed by atoms with Gasteiger partial charge >= 0.3 is 0 Å². The van der Waals surface area contributed by atoms with Gasteiger partial charge in [0.05, 0.1) is 19.3 Å². The first kappa shape index (κ1) is 13.3. The molecule has 1 atom stereocenters. The summed E-state index contributed by atoms with van der Waals surface area (Å²) in [6.45, 7) is 0.569. The van der Waals surface area contributed by atoms with Crippen molar-refractivity contribution in [2.75, 3.05) is 18.1 Å². The fourth-order valence-electron chi connectivity index (χ4n) is 2.66. The molecule has 0 radical (unpaired) electrons. The minimum absolute atomic E-state index is 0.0274. The van der Waals surface area contributed by atoms with Gasteiger partial charge in [0.2, 0.25) is 0 Å². The van der Waals surface area contributed by atoms with Crippen molar-refractivity contribution in [3.8, 4) is 0 Å². The molecule has 0 spiro atoms. The maximum absolute atomic E-state index is 13.7. The van der Waals surface area contributed by atoms with Gasteiger partial charge in [-0.05, 0) is 25.0 Å². The van der Waals surface area contributed by atoms with Crippen molar-refractivity contribution in [1.29, 1.82) is 0 Å². The lowest BCUT2D eigenvalue weighted by Gasteiger charge is -2.32. The fourth-order valence-corrected chi connectivity index (χ4v) is 2.66. The Morgan fingerprint density at radius 2 is 2.06 bits per heavy atom. The average molecular weight is 253 g/mol. The van der Waals surface area contributed by atoms with Gasteiger partial charge in [-0.15, -0.1) is 0 Å². The molecule has 1 unspecified atom stereocenters. The zero-order chi connectivity index (χ0) is 13.0. The van der Waals surface area contributed by atoms with Crippen LogP contribution in [0.2, 0.25) is 0 Å². The number of anilines is 1. The molecule has 1 aliphatic heterocycles. The number of rotatable bonds is 3. The predicted molar refractivity (Wildman–Crippen MR) is 69.0 cm³/mol. The first-order valence-electron chi connectivity index (χ1n) is 6.53. The Hall–Kier alpha value is -1.13. The molecule has 3 nitrogen and oxygen atoms in total.